The quantitative estimate of drug-likeness (QED) is 0.597. The fraction of sp³-hybridized carbons (Fsp3) is 0.333. The Kier molecular flexibility index (Phi) is 5.16. The Morgan fingerprint density at radius 1 is 1.29 bits per heavy atom. The molecule has 0 atom stereocenters. The molecule has 0 aliphatic rings. The normalized spacial score (nSPS) is 9.76. The Morgan fingerprint density at radius 3 is 2.47 bits per heavy atom. The minimum absolute atomic E-state index is 0.0779. The van der Waals surface area contributed by atoms with Gasteiger partial charge in [0.2, 0.25) is 0 Å². The second-order valence-electron chi connectivity index (χ2n) is 3.35. The molecule has 1 amide bonds. The molecule has 1 rings (SSSR count). The molecule has 17 heavy (non-hydrogen) atoms. The molecule has 5 heteroatoms. The first-order chi connectivity index (χ1) is 8.17. The predicted molar refractivity (Wildman–Crippen MR) is 62.5 cm³/mol. The van der Waals surface area contributed by atoms with Crippen molar-refractivity contribution in [2.75, 3.05) is 18.5 Å². The number of carbonyl (C=O) groups is 2. The van der Waals surface area contributed by atoms with Crippen LogP contribution in [0, 0.1) is 0 Å². The van der Waals surface area contributed by atoms with Crippen LogP contribution in [0.25, 0.3) is 0 Å². The summed E-state index contributed by atoms with van der Waals surface area (Å²) in [5, 5.41) is 11.2. The van der Waals surface area contributed by atoms with Crippen LogP contribution in [0.4, 0.5) is 5.69 Å². The van der Waals surface area contributed by atoms with E-state index in [9.17, 15) is 9.59 Å². The lowest BCUT2D eigenvalue weighted by Gasteiger charge is -2.05. The van der Waals surface area contributed by atoms with Gasteiger partial charge in [-0.2, -0.15) is 0 Å². The van der Waals surface area contributed by atoms with E-state index in [2.05, 4.69) is 10.1 Å². The first kappa shape index (κ1) is 13.2. The summed E-state index contributed by atoms with van der Waals surface area (Å²) in [6.07, 6.45) is 0.562. The number of anilines is 1. The third-order valence-electron chi connectivity index (χ3n) is 2.07. The first-order valence-corrected chi connectivity index (χ1v) is 5.35. The van der Waals surface area contributed by atoms with Gasteiger partial charge < -0.3 is 15.2 Å². The molecule has 0 radical (unpaired) electrons. The van der Waals surface area contributed by atoms with E-state index >= 15 is 0 Å². The molecule has 92 valence electrons. The third-order valence-corrected chi connectivity index (χ3v) is 2.07. The van der Waals surface area contributed by atoms with Gasteiger partial charge in [0.1, 0.15) is 0 Å². The highest BCUT2D eigenvalue weighted by atomic mass is 16.5. The summed E-state index contributed by atoms with van der Waals surface area (Å²) in [7, 11) is 0. The van der Waals surface area contributed by atoms with Crippen LogP contribution in [0.5, 0.6) is 0 Å². The molecule has 0 heterocycles. The average Bonchev–Trinajstić information content (AvgIpc) is 2.32. The largest absolute Gasteiger partial charge is 0.459 e. The molecule has 0 aliphatic carbocycles. The monoisotopic (exact) mass is 237 g/mol. The highest BCUT2D eigenvalue weighted by molar-refractivity contribution is 6.37. The van der Waals surface area contributed by atoms with Gasteiger partial charge in [-0.25, -0.2) is 4.79 Å². The van der Waals surface area contributed by atoms with Crippen molar-refractivity contribution in [3.05, 3.63) is 29.8 Å². The Bertz CT molecular complexity index is 386. The molecule has 0 bridgehead atoms. The van der Waals surface area contributed by atoms with E-state index in [1.54, 1.807) is 31.2 Å². The molecular weight excluding hydrogens is 222 g/mol. The molecule has 0 saturated heterocycles. The molecule has 0 saturated carbocycles. The lowest BCUT2D eigenvalue weighted by molar-refractivity contribution is -0.152. The molecule has 0 aliphatic heterocycles. The number of nitrogens with one attached hydrogen (secondary N) is 1. The summed E-state index contributed by atoms with van der Waals surface area (Å²) >= 11 is 0. The van der Waals surface area contributed by atoms with E-state index in [0.29, 0.717) is 12.1 Å². The van der Waals surface area contributed by atoms with Gasteiger partial charge in [0.05, 0.1) is 6.61 Å². The zero-order chi connectivity index (χ0) is 12.7. The van der Waals surface area contributed by atoms with E-state index in [4.69, 9.17) is 5.11 Å². The van der Waals surface area contributed by atoms with Crippen molar-refractivity contribution in [3.63, 3.8) is 0 Å². The number of esters is 1. The smallest absolute Gasteiger partial charge is 0.397 e. The standard InChI is InChI=1S/C12H15NO4/c1-2-17-12(16)11(15)13-10-5-3-9(4-6-10)7-8-14/h3-6,14H,2,7-8H2,1H3,(H,13,15). The van der Waals surface area contributed by atoms with Crippen molar-refractivity contribution in [2.24, 2.45) is 0 Å². The van der Waals surface area contributed by atoms with E-state index < -0.39 is 11.9 Å². The topological polar surface area (TPSA) is 75.6 Å². The zero-order valence-electron chi connectivity index (χ0n) is 9.60. The lowest BCUT2D eigenvalue weighted by Crippen LogP contribution is -2.24. The van der Waals surface area contributed by atoms with Crippen LogP contribution in [-0.4, -0.2) is 30.2 Å². The molecule has 1 aromatic carbocycles. The second kappa shape index (κ2) is 6.65. The van der Waals surface area contributed by atoms with Gasteiger partial charge in [-0.15, -0.1) is 0 Å². The van der Waals surface area contributed by atoms with Crippen LogP contribution >= 0.6 is 0 Å². The van der Waals surface area contributed by atoms with Gasteiger partial charge >= 0.3 is 11.9 Å². The van der Waals surface area contributed by atoms with Gasteiger partial charge in [0.15, 0.2) is 0 Å². The average molecular weight is 237 g/mol. The van der Waals surface area contributed by atoms with Gasteiger partial charge in [-0.05, 0) is 31.0 Å². The molecule has 0 unspecified atom stereocenters. The van der Waals surface area contributed by atoms with Crippen molar-refractivity contribution in [1.29, 1.82) is 0 Å². The molecule has 2 N–H and O–H groups in total. The first-order valence-electron chi connectivity index (χ1n) is 5.35. The molecular formula is C12H15NO4. The Morgan fingerprint density at radius 2 is 1.94 bits per heavy atom. The number of amides is 1. The van der Waals surface area contributed by atoms with Crippen LogP contribution in [0.2, 0.25) is 0 Å². The summed E-state index contributed by atoms with van der Waals surface area (Å²) in [6.45, 7) is 1.88. The maximum absolute atomic E-state index is 11.3. The predicted octanol–water partition coefficient (Wildman–Crippen LogP) is 0.723. The number of carbonyl (C=O) groups excluding carboxylic acids is 2. The highest BCUT2D eigenvalue weighted by Crippen LogP contribution is 2.09. The maximum Gasteiger partial charge on any atom is 0.397 e. The van der Waals surface area contributed by atoms with Crippen LogP contribution in [0.1, 0.15) is 12.5 Å². The molecule has 0 aromatic heterocycles. The van der Waals surface area contributed by atoms with Crippen molar-refractivity contribution in [2.45, 2.75) is 13.3 Å². The number of aliphatic hydroxyl groups is 1. The molecule has 5 nitrogen and oxygen atoms in total. The summed E-state index contributed by atoms with van der Waals surface area (Å²) in [5.74, 6) is -1.69. The van der Waals surface area contributed by atoms with Crippen LogP contribution in [0.3, 0.4) is 0 Å². The summed E-state index contributed by atoms with van der Waals surface area (Å²) in [4.78, 5) is 22.3. The van der Waals surface area contributed by atoms with Crippen molar-refractivity contribution in [3.8, 4) is 0 Å². The van der Waals surface area contributed by atoms with E-state index in [0.717, 1.165) is 5.56 Å². The number of benzene rings is 1. The van der Waals surface area contributed by atoms with Crippen LogP contribution in [-0.2, 0) is 20.7 Å². The summed E-state index contributed by atoms with van der Waals surface area (Å²) < 4.78 is 4.55. The second-order valence-corrected chi connectivity index (χ2v) is 3.35. The Hall–Kier alpha value is -1.88. The number of ether oxygens (including phenoxy) is 1. The van der Waals surface area contributed by atoms with Gasteiger partial charge in [-0.1, -0.05) is 12.1 Å². The summed E-state index contributed by atoms with van der Waals surface area (Å²) in [6, 6.07) is 6.89. The maximum atomic E-state index is 11.3. The molecule has 0 spiro atoms. The number of hydrogen-bond acceptors (Lipinski definition) is 4. The van der Waals surface area contributed by atoms with Crippen LogP contribution < -0.4 is 5.32 Å². The SMILES string of the molecule is CCOC(=O)C(=O)Nc1ccc(CCO)cc1. The van der Waals surface area contributed by atoms with Crippen LogP contribution in [0.15, 0.2) is 24.3 Å². The van der Waals surface area contributed by atoms with Gasteiger partial charge in [0, 0.05) is 12.3 Å². The van der Waals surface area contributed by atoms with Gasteiger partial charge in [0.25, 0.3) is 0 Å². The third kappa shape index (κ3) is 4.24. The fourth-order valence-electron chi connectivity index (χ4n) is 1.26. The van der Waals surface area contributed by atoms with Gasteiger partial charge in [-0.3, -0.25) is 4.79 Å². The van der Waals surface area contributed by atoms with Crippen molar-refractivity contribution in [1.82, 2.24) is 0 Å². The minimum Gasteiger partial charge on any atom is -0.459 e. The fourth-order valence-corrected chi connectivity index (χ4v) is 1.26. The number of aliphatic hydroxyl groups excluding tert-OH is 1. The zero-order valence-corrected chi connectivity index (χ0v) is 9.60. The number of rotatable bonds is 4. The molecule has 1 aromatic rings. The van der Waals surface area contributed by atoms with Crippen molar-refractivity contribution < 1.29 is 19.4 Å². The Balaban J connectivity index is 2.57. The lowest BCUT2D eigenvalue weighted by atomic mass is 10.1. The van der Waals surface area contributed by atoms with E-state index in [1.807, 2.05) is 0 Å². The van der Waals surface area contributed by atoms with E-state index in [-0.39, 0.29) is 13.2 Å². The summed E-state index contributed by atoms with van der Waals surface area (Å²) in [5.41, 5.74) is 1.48. The number of hydrogen-bond donors (Lipinski definition) is 2. The van der Waals surface area contributed by atoms with E-state index in [1.165, 1.54) is 0 Å². The minimum atomic E-state index is -0.896. The van der Waals surface area contributed by atoms with Crippen molar-refractivity contribution >= 4 is 17.6 Å². The highest BCUT2D eigenvalue weighted by Gasteiger charge is 2.14. The molecule has 0 fully saturated rings. The Labute approximate surface area is 99.4 Å².